The fourth-order valence-corrected chi connectivity index (χ4v) is 0.836. The molecule has 1 aromatic carbocycles. The van der Waals surface area contributed by atoms with Crippen LogP contribution >= 0.6 is 15.9 Å². The van der Waals surface area contributed by atoms with Gasteiger partial charge in [0.05, 0.1) is 0 Å². The minimum Gasteiger partial charge on any atom is -0.696 e. The number of aryl methyl sites for hydroxylation is 1. The highest BCUT2D eigenvalue weighted by Crippen LogP contribution is 2.13. The van der Waals surface area contributed by atoms with Gasteiger partial charge in [-0.25, -0.2) is 5.26 Å². The summed E-state index contributed by atoms with van der Waals surface area (Å²) in [4.78, 5) is 0. The summed E-state index contributed by atoms with van der Waals surface area (Å²) >= 11 is 7.09. The lowest BCUT2D eigenvalue weighted by atomic mass is 10.2. The van der Waals surface area contributed by atoms with E-state index in [4.69, 9.17) is 5.26 Å². The van der Waals surface area contributed by atoms with Crippen LogP contribution in [0, 0.1) is 17.6 Å². The van der Waals surface area contributed by atoms with Crippen LogP contribution < -0.4 is 0 Å². The molecule has 0 aliphatic heterocycles. The Balaban J connectivity index is 0.000000292. The van der Waals surface area contributed by atoms with Crippen LogP contribution in [0.3, 0.4) is 0 Å². The first kappa shape index (κ1) is 10.4. The van der Waals surface area contributed by atoms with Crippen LogP contribution in [-0.2, 0) is 12.6 Å². The predicted octanol–water partition coefficient (Wildman–Crippen LogP) is 2.77. The van der Waals surface area contributed by atoms with E-state index < -0.39 is 0 Å². The molecular formula is C8H7BrNS-. The summed E-state index contributed by atoms with van der Waals surface area (Å²) in [7, 11) is 0. The van der Waals surface area contributed by atoms with Crippen LogP contribution in [0.2, 0.25) is 0 Å². The topological polar surface area (TPSA) is 23.8 Å². The molecule has 0 heterocycles. The summed E-state index contributed by atoms with van der Waals surface area (Å²) in [6, 6.07) is 8.15. The maximum atomic E-state index is 7.13. The van der Waals surface area contributed by atoms with Gasteiger partial charge in [0.2, 0.25) is 0 Å². The molecule has 0 radical (unpaired) electrons. The van der Waals surface area contributed by atoms with Crippen LogP contribution in [0.15, 0.2) is 28.7 Å². The Kier molecular flexibility index (Phi) is 5.81. The average Bonchev–Trinajstić information content (AvgIpc) is 1.97. The van der Waals surface area contributed by atoms with Crippen LogP contribution in [0.5, 0.6) is 0 Å². The van der Waals surface area contributed by atoms with Gasteiger partial charge in [-0.05, 0) is 18.6 Å². The number of hydrogen-bond acceptors (Lipinski definition) is 2. The third-order valence-electron chi connectivity index (χ3n) is 1.08. The van der Waals surface area contributed by atoms with E-state index in [9.17, 15) is 0 Å². The second-order valence-electron chi connectivity index (χ2n) is 1.84. The Hall–Kier alpha value is -0.590. The number of nitriles is 1. The first-order valence-corrected chi connectivity index (χ1v) is 4.15. The molecule has 0 spiro atoms. The van der Waals surface area contributed by atoms with Gasteiger partial charge in [0.15, 0.2) is 0 Å². The van der Waals surface area contributed by atoms with Crippen LogP contribution in [0.25, 0.3) is 0 Å². The number of benzene rings is 1. The normalized spacial score (nSPS) is 7.36. The minimum absolute atomic E-state index is 1.18. The molecule has 0 unspecified atom stereocenters. The van der Waals surface area contributed by atoms with E-state index in [1.54, 1.807) is 0 Å². The van der Waals surface area contributed by atoms with Crippen LogP contribution in [-0.4, -0.2) is 0 Å². The minimum atomic E-state index is 1.18. The van der Waals surface area contributed by atoms with Crippen molar-refractivity contribution in [1.29, 1.82) is 5.26 Å². The largest absolute Gasteiger partial charge is 0.696 e. The van der Waals surface area contributed by atoms with E-state index in [-0.39, 0.29) is 0 Å². The quantitative estimate of drug-likeness (QED) is 0.504. The highest BCUT2D eigenvalue weighted by Gasteiger charge is 1.86. The van der Waals surface area contributed by atoms with E-state index in [1.807, 2.05) is 18.2 Å². The highest BCUT2D eigenvalue weighted by atomic mass is 79.9. The van der Waals surface area contributed by atoms with Crippen molar-refractivity contribution < 1.29 is 0 Å². The number of hydrogen-bond donors (Lipinski definition) is 0. The van der Waals surface area contributed by atoms with E-state index >= 15 is 0 Å². The Bertz CT molecular complexity index is 234. The molecule has 0 fully saturated rings. The van der Waals surface area contributed by atoms with Gasteiger partial charge in [-0.1, -0.05) is 39.5 Å². The lowest BCUT2D eigenvalue weighted by Crippen LogP contribution is -1.69. The second kappa shape index (κ2) is 6.14. The summed E-state index contributed by atoms with van der Waals surface area (Å²) in [5.41, 5.74) is 1.28. The predicted molar refractivity (Wildman–Crippen MR) is 51.9 cm³/mol. The summed E-state index contributed by atoms with van der Waals surface area (Å²) in [5, 5.41) is 8.47. The van der Waals surface area contributed by atoms with Crippen molar-refractivity contribution >= 4 is 28.6 Å². The van der Waals surface area contributed by atoms with Crippen LogP contribution in [0.1, 0.15) is 5.56 Å². The van der Waals surface area contributed by atoms with E-state index in [2.05, 4.69) is 41.5 Å². The Labute approximate surface area is 80.6 Å². The first-order chi connectivity index (χ1) is 5.22. The smallest absolute Gasteiger partial charge is 0.0204 e. The van der Waals surface area contributed by atoms with Crippen molar-refractivity contribution in [2.45, 2.75) is 6.92 Å². The molecule has 0 bridgehead atoms. The molecule has 0 atom stereocenters. The molecule has 1 nitrogen and oxygen atoms in total. The SMILES string of the molecule is Cc1ccccc1Br.N#C[S-]. The third kappa shape index (κ3) is 4.77. The van der Waals surface area contributed by atoms with Gasteiger partial charge in [0.1, 0.15) is 0 Å². The summed E-state index contributed by atoms with van der Waals surface area (Å²) < 4.78 is 1.18. The van der Waals surface area contributed by atoms with Gasteiger partial charge < -0.3 is 12.6 Å². The molecule has 0 saturated carbocycles. The summed E-state index contributed by atoms with van der Waals surface area (Å²) in [5.74, 6) is 0. The molecule has 3 heteroatoms. The molecule has 0 saturated heterocycles. The first-order valence-electron chi connectivity index (χ1n) is 2.94. The molecule has 11 heavy (non-hydrogen) atoms. The number of nitrogens with zero attached hydrogens (tertiary/aromatic N) is 1. The van der Waals surface area contributed by atoms with Gasteiger partial charge in [0, 0.05) is 4.47 Å². The molecule has 0 aliphatic carbocycles. The Morgan fingerprint density at radius 2 is 1.91 bits per heavy atom. The maximum absolute atomic E-state index is 7.13. The Morgan fingerprint density at radius 1 is 1.45 bits per heavy atom. The van der Waals surface area contributed by atoms with Gasteiger partial charge in [0.25, 0.3) is 0 Å². The van der Waals surface area contributed by atoms with Crippen LogP contribution in [0.4, 0.5) is 0 Å². The lowest BCUT2D eigenvalue weighted by molar-refractivity contribution is 1.43. The summed E-state index contributed by atoms with van der Waals surface area (Å²) in [6.07, 6.45) is 0. The molecular weight excluding hydrogens is 222 g/mol. The van der Waals surface area contributed by atoms with Crippen molar-refractivity contribution in [3.8, 4) is 5.40 Å². The number of halogens is 1. The van der Waals surface area contributed by atoms with E-state index in [0.29, 0.717) is 0 Å². The third-order valence-corrected chi connectivity index (χ3v) is 1.97. The molecule has 1 aromatic rings. The van der Waals surface area contributed by atoms with Gasteiger partial charge in [-0.15, -0.1) is 0 Å². The molecule has 0 amide bonds. The van der Waals surface area contributed by atoms with Crippen molar-refractivity contribution in [3.05, 3.63) is 34.3 Å². The van der Waals surface area contributed by atoms with Crippen molar-refractivity contribution in [1.82, 2.24) is 0 Å². The molecule has 0 aliphatic rings. The molecule has 58 valence electrons. The number of rotatable bonds is 0. The zero-order valence-electron chi connectivity index (χ0n) is 6.04. The van der Waals surface area contributed by atoms with Crippen molar-refractivity contribution in [2.75, 3.05) is 0 Å². The lowest BCUT2D eigenvalue weighted by Gasteiger charge is -1.91. The Morgan fingerprint density at radius 3 is 2.18 bits per heavy atom. The standard InChI is InChI=1S/C7H7Br.CHNS/c1-6-4-2-3-5-7(6)8;2-1-3/h2-5H,1H3;3H/p-1. The highest BCUT2D eigenvalue weighted by molar-refractivity contribution is 9.10. The monoisotopic (exact) mass is 228 g/mol. The van der Waals surface area contributed by atoms with Gasteiger partial charge >= 0.3 is 0 Å². The zero-order chi connectivity index (χ0) is 8.69. The fraction of sp³-hybridized carbons (Fsp3) is 0.125. The molecule has 1 rings (SSSR count). The fourth-order valence-electron chi connectivity index (χ4n) is 0.551. The maximum Gasteiger partial charge on any atom is 0.0204 e. The summed E-state index contributed by atoms with van der Waals surface area (Å²) in [6.45, 7) is 2.07. The average molecular weight is 229 g/mol. The van der Waals surface area contributed by atoms with Gasteiger partial charge in [-0.2, -0.15) is 0 Å². The van der Waals surface area contributed by atoms with Gasteiger partial charge in [-0.3, -0.25) is 0 Å². The van der Waals surface area contributed by atoms with Crippen molar-refractivity contribution in [3.63, 3.8) is 0 Å². The van der Waals surface area contributed by atoms with Crippen molar-refractivity contribution in [2.24, 2.45) is 0 Å². The number of thiocyanates is 1. The zero-order valence-corrected chi connectivity index (χ0v) is 8.45. The van der Waals surface area contributed by atoms with E-state index in [0.717, 1.165) is 0 Å². The second-order valence-corrected chi connectivity index (χ2v) is 2.88. The molecule has 0 aromatic heterocycles. The van der Waals surface area contributed by atoms with E-state index in [1.165, 1.54) is 15.4 Å². The molecule has 0 N–H and O–H groups in total.